The molecule has 0 fully saturated rings. The maximum Gasteiger partial charge on any atom is 0.485 e. The number of carbonyl (C=O) groups excluding carboxylic acids is 1. The predicted molar refractivity (Wildman–Crippen MR) is 35.4 cm³/mol. The van der Waals surface area contributed by atoms with Crippen LogP contribution in [0.5, 0.6) is 0 Å². The van der Waals surface area contributed by atoms with E-state index in [0.717, 1.165) is 0 Å². The van der Waals surface area contributed by atoms with E-state index < -0.39 is 5.97 Å². The zero-order valence-corrected chi connectivity index (χ0v) is 6.31. The molecule has 0 N–H and O–H groups in total. The van der Waals surface area contributed by atoms with Crippen LogP contribution in [0.3, 0.4) is 0 Å². The minimum atomic E-state index is -0.439. The molecule has 0 unspecified atom stereocenters. The molecule has 1 aromatic heterocycles. The van der Waals surface area contributed by atoms with Crippen molar-refractivity contribution in [3.05, 3.63) is 30.1 Å². The first kappa shape index (κ1) is 7.26. The fraction of sp³-hybridized carbons (Fsp3) is 0. The van der Waals surface area contributed by atoms with Gasteiger partial charge >= 0.3 is 22.6 Å². The average Bonchev–Trinajstić information content (AvgIpc) is 2.05. The molecule has 48 valence electrons. The van der Waals surface area contributed by atoms with Crippen molar-refractivity contribution in [1.82, 2.24) is 4.98 Å². The molecule has 2 radical (unpaired) electrons. The third-order valence-corrected chi connectivity index (χ3v) is 1.20. The first-order valence-corrected chi connectivity index (χ1v) is 3.14. The van der Waals surface area contributed by atoms with E-state index in [1.165, 1.54) is 6.20 Å². The van der Waals surface area contributed by atoms with Crippen LogP contribution in [0.25, 0.3) is 0 Å². The van der Waals surface area contributed by atoms with Gasteiger partial charge < -0.3 is 3.79 Å². The molecular formula is C6H4AlNO2. The number of rotatable bonds is 1. The Bertz CT molecular complexity index is 224. The Kier molecular flexibility index (Phi) is 2.43. The highest BCUT2D eigenvalue weighted by Crippen LogP contribution is 1.93. The van der Waals surface area contributed by atoms with E-state index in [9.17, 15) is 4.79 Å². The lowest BCUT2D eigenvalue weighted by atomic mass is 10.4. The second kappa shape index (κ2) is 3.35. The molecule has 3 nitrogen and oxygen atoms in total. The van der Waals surface area contributed by atoms with Crippen molar-refractivity contribution < 1.29 is 8.58 Å². The highest BCUT2D eigenvalue weighted by Gasteiger charge is 2.01. The molecule has 0 saturated carbocycles. The largest absolute Gasteiger partial charge is 0.623 e. The predicted octanol–water partition coefficient (Wildman–Crippen LogP) is 0.322. The summed E-state index contributed by atoms with van der Waals surface area (Å²) in [4.78, 5) is 14.5. The minimum Gasteiger partial charge on any atom is -0.623 e. The van der Waals surface area contributed by atoms with Crippen molar-refractivity contribution in [1.29, 1.82) is 0 Å². The summed E-state index contributed by atoms with van der Waals surface area (Å²) in [5, 5.41) is 0. The Hall–Kier alpha value is -0.848. The van der Waals surface area contributed by atoms with E-state index in [1.807, 2.05) is 16.6 Å². The van der Waals surface area contributed by atoms with Gasteiger partial charge in [0.2, 0.25) is 0 Å². The van der Waals surface area contributed by atoms with Crippen LogP contribution in [0.2, 0.25) is 0 Å². The summed E-state index contributed by atoms with van der Waals surface area (Å²) in [6.45, 7) is 0. The Morgan fingerprint density at radius 2 is 2.40 bits per heavy atom. The molecular weight excluding hydrogens is 145 g/mol. The summed E-state index contributed by atoms with van der Waals surface area (Å²) in [7, 11) is 0. The van der Waals surface area contributed by atoms with E-state index in [-0.39, 0.29) is 0 Å². The third-order valence-electron chi connectivity index (χ3n) is 0.981. The molecule has 1 aromatic rings. The van der Waals surface area contributed by atoms with Crippen LogP contribution in [0.4, 0.5) is 0 Å². The average molecular weight is 149 g/mol. The lowest BCUT2D eigenvalue weighted by Crippen LogP contribution is -2.03. The molecule has 0 spiro atoms. The van der Waals surface area contributed by atoms with Crippen molar-refractivity contribution in [3.63, 3.8) is 0 Å². The van der Waals surface area contributed by atoms with Crippen LogP contribution in [0.15, 0.2) is 24.4 Å². The molecule has 0 aromatic carbocycles. The highest BCUT2D eigenvalue weighted by atomic mass is 27.1. The van der Waals surface area contributed by atoms with E-state index in [2.05, 4.69) is 8.77 Å². The number of hydrogen-bond acceptors (Lipinski definition) is 3. The van der Waals surface area contributed by atoms with Crippen LogP contribution in [-0.2, 0) is 3.79 Å². The van der Waals surface area contributed by atoms with Gasteiger partial charge in [0.05, 0.1) is 0 Å². The van der Waals surface area contributed by atoms with E-state index in [4.69, 9.17) is 0 Å². The second-order valence-corrected chi connectivity index (χ2v) is 1.86. The molecule has 0 atom stereocenters. The van der Waals surface area contributed by atoms with Gasteiger partial charge in [-0.15, -0.1) is 0 Å². The number of hydrogen-bond donors (Lipinski definition) is 0. The summed E-state index contributed by atoms with van der Waals surface area (Å²) in [6.07, 6.45) is 1.54. The molecule has 10 heavy (non-hydrogen) atoms. The summed E-state index contributed by atoms with van der Waals surface area (Å²) < 4.78 is 4.35. The molecule has 0 amide bonds. The smallest absolute Gasteiger partial charge is 0.485 e. The summed E-state index contributed by atoms with van der Waals surface area (Å²) in [5.74, 6) is -0.439. The summed E-state index contributed by atoms with van der Waals surface area (Å²) in [5.41, 5.74) is 0.317. The SMILES string of the molecule is O=C([O][Al])c1ccccn1. The van der Waals surface area contributed by atoms with Gasteiger partial charge in [-0.2, -0.15) is 0 Å². The number of aromatic nitrogens is 1. The van der Waals surface area contributed by atoms with E-state index >= 15 is 0 Å². The van der Waals surface area contributed by atoms with E-state index in [0.29, 0.717) is 5.69 Å². The monoisotopic (exact) mass is 149 g/mol. The quantitative estimate of drug-likeness (QED) is 0.540. The fourth-order valence-corrected chi connectivity index (χ4v) is 0.665. The van der Waals surface area contributed by atoms with Crippen LogP contribution in [-0.4, -0.2) is 27.6 Å². The third kappa shape index (κ3) is 1.57. The Morgan fingerprint density at radius 1 is 1.60 bits per heavy atom. The van der Waals surface area contributed by atoms with Crippen LogP contribution in [0, 0.1) is 0 Å². The first-order chi connectivity index (χ1) is 4.84. The van der Waals surface area contributed by atoms with Crippen LogP contribution >= 0.6 is 0 Å². The number of nitrogens with zero attached hydrogens (tertiary/aromatic N) is 1. The maximum absolute atomic E-state index is 10.7. The van der Waals surface area contributed by atoms with Gasteiger partial charge in [0.1, 0.15) is 5.69 Å². The maximum atomic E-state index is 10.7. The molecule has 1 heterocycles. The zero-order chi connectivity index (χ0) is 7.40. The van der Waals surface area contributed by atoms with Gasteiger partial charge in [0, 0.05) is 6.20 Å². The molecule has 0 aliphatic carbocycles. The minimum absolute atomic E-state index is 0.317. The number of pyridine rings is 1. The van der Waals surface area contributed by atoms with E-state index in [1.54, 1.807) is 18.2 Å². The van der Waals surface area contributed by atoms with Crippen molar-refractivity contribution in [2.75, 3.05) is 0 Å². The zero-order valence-electron chi connectivity index (χ0n) is 5.15. The molecule has 4 heteroatoms. The second-order valence-electron chi connectivity index (χ2n) is 1.62. The van der Waals surface area contributed by atoms with Crippen LogP contribution < -0.4 is 0 Å². The molecule has 0 aliphatic rings. The Labute approximate surface area is 66.8 Å². The van der Waals surface area contributed by atoms with Crippen molar-refractivity contribution in [2.45, 2.75) is 0 Å². The lowest BCUT2D eigenvalue weighted by Gasteiger charge is -1.97. The lowest BCUT2D eigenvalue weighted by molar-refractivity contribution is 0.0743. The van der Waals surface area contributed by atoms with Gasteiger partial charge in [-0.25, -0.2) is 9.78 Å². The van der Waals surface area contributed by atoms with Crippen LogP contribution in [0.1, 0.15) is 10.5 Å². The topological polar surface area (TPSA) is 39.2 Å². The van der Waals surface area contributed by atoms with Crippen molar-refractivity contribution in [3.8, 4) is 0 Å². The van der Waals surface area contributed by atoms with Crippen molar-refractivity contribution >= 4 is 22.6 Å². The molecule has 0 bridgehead atoms. The Balaban J connectivity index is 2.85. The standard InChI is InChI=1S/C6H5NO2.Al/c8-6(9)5-3-1-2-4-7-5;/h1-4H,(H,8,9);/q;+1/p-1. The summed E-state index contributed by atoms with van der Waals surface area (Å²) >= 11 is 1.88. The highest BCUT2D eigenvalue weighted by molar-refractivity contribution is 6.08. The molecule has 1 rings (SSSR count). The van der Waals surface area contributed by atoms with Gasteiger partial charge in [-0.05, 0) is 12.1 Å². The fourth-order valence-electron chi connectivity index (χ4n) is 0.544. The summed E-state index contributed by atoms with van der Waals surface area (Å²) in [6, 6.07) is 5.05. The van der Waals surface area contributed by atoms with Gasteiger partial charge in [-0.1, -0.05) is 6.07 Å². The molecule has 0 saturated heterocycles. The van der Waals surface area contributed by atoms with Gasteiger partial charge in [0.25, 0.3) is 0 Å². The van der Waals surface area contributed by atoms with Gasteiger partial charge in [0.15, 0.2) is 0 Å². The first-order valence-electron chi connectivity index (χ1n) is 2.66. The number of carbonyl (C=O) groups is 1. The Morgan fingerprint density at radius 3 is 2.90 bits per heavy atom. The normalized spacial score (nSPS) is 8.80. The van der Waals surface area contributed by atoms with Gasteiger partial charge in [-0.3, -0.25) is 0 Å². The molecule has 0 aliphatic heterocycles. The van der Waals surface area contributed by atoms with Crippen molar-refractivity contribution in [2.24, 2.45) is 0 Å².